The van der Waals surface area contributed by atoms with Crippen molar-refractivity contribution in [1.29, 1.82) is 0 Å². The minimum Gasteiger partial charge on any atom is -0.354 e. The van der Waals surface area contributed by atoms with E-state index in [4.69, 9.17) is 4.98 Å². The van der Waals surface area contributed by atoms with Crippen molar-refractivity contribution < 1.29 is 9.59 Å². The van der Waals surface area contributed by atoms with Crippen molar-refractivity contribution in [3.63, 3.8) is 0 Å². The van der Waals surface area contributed by atoms with Gasteiger partial charge in [-0.2, -0.15) is 0 Å². The van der Waals surface area contributed by atoms with Gasteiger partial charge in [0.25, 0.3) is 5.91 Å². The van der Waals surface area contributed by atoms with E-state index in [0.29, 0.717) is 25.2 Å². The van der Waals surface area contributed by atoms with E-state index in [1.54, 1.807) is 4.90 Å². The SMILES string of the molecule is CC1CC(=O)NCCN1C(=O)c1nc(-c2ccccc2)n2c1CCCCC2. The molecule has 1 aromatic heterocycles. The highest BCUT2D eigenvalue weighted by atomic mass is 16.2. The summed E-state index contributed by atoms with van der Waals surface area (Å²) in [5, 5.41) is 2.86. The first kappa shape index (κ1) is 17.8. The highest BCUT2D eigenvalue weighted by Crippen LogP contribution is 2.28. The van der Waals surface area contributed by atoms with Crippen LogP contribution in [-0.2, 0) is 17.8 Å². The van der Waals surface area contributed by atoms with E-state index in [-0.39, 0.29) is 17.9 Å². The number of benzene rings is 1. The second-order valence-corrected chi connectivity index (χ2v) is 7.46. The maximum Gasteiger partial charge on any atom is 0.274 e. The third-order valence-electron chi connectivity index (χ3n) is 5.55. The van der Waals surface area contributed by atoms with Crippen LogP contribution in [0.2, 0.25) is 0 Å². The molecule has 6 nitrogen and oxygen atoms in total. The summed E-state index contributed by atoms with van der Waals surface area (Å²) in [5.41, 5.74) is 2.66. The summed E-state index contributed by atoms with van der Waals surface area (Å²) in [5.74, 6) is 0.839. The molecule has 0 radical (unpaired) electrons. The van der Waals surface area contributed by atoms with Crippen LogP contribution in [0, 0.1) is 0 Å². The molecule has 1 N–H and O–H groups in total. The topological polar surface area (TPSA) is 67.2 Å². The number of nitrogens with zero attached hydrogens (tertiary/aromatic N) is 3. The van der Waals surface area contributed by atoms with Gasteiger partial charge in [-0.1, -0.05) is 36.8 Å². The molecule has 6 heteroatoms. The number of carbonyl (C=O) groups is 2. The number of hydrogen-bond acceptors (Lipinski definition) is 3. The number of amides is 2. The van der Waals surface area contributed by atoms with Crippen LogP contribution in [0.4, 0.5) is 0 Å². The van der Waals surface area contributed by atoms with Crippen molar-refractivity contribution >= 4 is 11.8 Å². The van der Waals surface area contributed by atoms with Gasteiger partial charge in [-0.15, -0.1) is 0 Å². The number of carbonyl (C=O) groups excluding carboxylic acids is 2. The molecule has 2 aliphatic heterocycles. The van der Waals surface area contributed by atoms with Crippen molar-refractivity contribution in [2.45, 2.75) is 51.6 Å². The standard InChI is InChI=1S/C21H26N4O2/c1-15-14-18(26)22-11-13-24(15)21(27)19-17-10-6-3-7-12-25(17)20(23-19)16-8-4-2-5-9-16/h2,4-5,8-9,15H,3,6-7,10-14H2,1H3,(H,22,26). The van der Waals surface area contributed by atoms with Crippen LogP contribution in [0.5, 0.6) is 0 Å². The molecule has 3 heterocycles. The Hall–Kier alpha value is -2.63. The van der Waals surface area contributed by atoms with Crippen molar-refractivity contribution in [2.24, 2.45) is 0 Å². The molecule has 1 saturated heterocycles. The summed E-state index contributed by atoms with van der Waals surface area (Å²) in [6, 6.07) is 9.97. The zero-order valence-corrected chi connectivity index (χ0v) is 15.8. The summed E-state index contributed by atoms with van der Waals surface area (Å²) in [4.78, 5) is 31.8. The van der Waals surface area contributed by atoms with Crippen LogP contribution in [0.1, 0.15) is 48.8 Å². The van der Waals surface area contributed by atoms with Crippen molar-refractivity contribution in [1.82, 2.24) is 19.8 Å². The summed E-state index contributed by atoms with van der Waals surface area (Å²) < 4.78 is 2.24. The number of fused-ring (bicyclic) bond motifs is 1. The molecule has 1 aromatic carbocycles. The summed E-state index contributed by atoms with van der Waals surface area (Å²) in [6.07, 6.45) is 4.57. The molecule has 142 valence electrons. The molecule has 27 heavy (non-hydrogen) atoms. The van der Waals surface area contributed by atoms with Gasteiger partial charge in [0, 0.05) is 37.7 Å². The molecule has 0 spiro atoms. The molecule has 2 aliphatic rings. The number of hydrogen-bond donors (Lipinski definition) is 1. The smallest absolute Gasteiger partial charge is 0.274 e. The van der Waals surface area contributed by atoms with Gasteiger partial charge in [-0.25, -0.2) is 4.98 Å². The van der Waals surface area contributed by atoms with Gasteiger partial charge >= 0.3 is 0 Å². The lowest BCUT2D eigenvalue weighted by molar-refractivity contribution is -0.121. The van der Waals surface area contributed by atoms with Crippen LogP contribution in [0.15, 0.2) is 30.3 Å². The van der Waals surface area contributed by atoms with E-state index in [1.165, 1.54) is 6.42 Å². The number of rotatable bonds is 2. The largest absolute Gasteiger partial charge is 0.354 e. The Bertz CT molecular complexity index is 843. The Morgan fingerprint density at radius 2 is 1.96 bits per heavy atom. The van der Waals surface area contributed by atoms with Crippen molar-refractivity contribution in [3.05, 3.63) is 41.7 Å². The molecule has 1 fully saturated rings. The zero-order valence-electron chi connectivity index (χ0n) is 15.8. The Labute approximate surface area is 159 Å². The first-order valence-electron chi connectivity index (χ1n) is 9.87. The van der Waals surface area contributed by atoms with E-state index >= 15 is 0 Å². The molecule has 2 aromatic rings. The summed E-state index contributed by atoms with van der Waals surface area (Å²) in [7, 11) is 0. The monoisotopic (exact) mass is 366 g/mol. The fourth-order valence-corrected chi connectivity index (χ4v) is 4.12. The minimum absolute atomic E-state index is 0.00597. The van der Waals surface area contributed by atoms with Gasteiger partial charge in [0.2, 0.25) is 5.91 Å². The van der Waals surface area contributed by atoms with Crippen LogP contribution in [0.25, 0.3) is 11.4 Å². The van der Waals surface area contributed by atoms with E-state index in [0.717, 1.165) is 42.9 Å². The first-order valence-corrected chi connectivity index (χ1v) is 9.87. The Balaban J connectivity index is 1.75. The summed E-state index contributed by atoms with van der Waals surface area (Å²) >= 11 is 0. The lowest BCUT2D eigenvalue weighted by Crippen LogP contribution is -2.40. The third kappa shape index (κ3) is 3.48. The van der Waals surface area contributed by atoms with Gasteiger partial charge in [0.1, 0.15) is 11.5 Å². The van der Waals surface area contributed by atoms with E-state index in [9.17, 15) is 9.59 Å². The molecule has 0 aliphatic carbocycles. The molecule has 1 unspecified atom stereocenters. The average Bonchev–Trinajstić information content (AvgIpc) is 2.79. The zero-order chi connectivity index (χ0) is 18.8. The van der Waals surface area contributed by atoms with E-state index < -0.39 is 0 Å². The molecular weight excluding hydrogens is 340 g/mol. The van der Waals surface area contributed by atoms with Gasteiger partial charge in [-0.3, -0.25) is 9.59 Å². The van der Waals surface area contributed by atoms with Crippen LogP contribution < -0.4 is 5.32 Å². The fourth-order valence-electron chi connectivity index (χ4n) is 4.12. The molecular formula is C21H26N4O2. The number of imidazole rings is 1. The Morgan fingerprint density at radius 3 is 2.78 bits per heavy atom. The van der Waals surface area contributed by atoms with Crippen molar-refractivity contribution in [2.75, 3.05) is 13.1 Å². The second kappa shape index (κ2) is 7.55. The lowest BCUT2D eigenvalue weighted by Gasteiger charge is -2.25. The average molecular weight is 366 g/mol. The Morgan fingerprint density at radius 1 is 1.15 bits per heavy atom. The second-order valence-electron chi connectivity index (χ2n) is 7.46. The molecule has 4 rings (SSSR count). The highest BCUT2D eigenvalue weighted by Gasteiger charge is 2.31. The number of aromatic nitrogens is 2. The highest BCUT2D eigenvalue weighted by molar-refractivity contribution is 5.95. The van der Waals surface area contributed by atoms with Crippen molar-refractivity contribution in [3.8, 4) is 11.4 Å². The molecule has 0 saturated carbocycles. The van der Waals surface area contributed by atoms with Gasteiger partial charge < -0.3 is 14.8 Å². The first-order chi connectivity index (χ1) is 13.1. The minimum atomic E-state index is -0.122. The normalized spacial score (nSPS) is 20.4. The van der Waals surface area contributed by atoms with Crippen LogP contribution in [0.3, 0.4) is 0 Å². The lowest BCUT2D eigenvalue weighted by atomic mass is 10.1. The predicted molar refractivity (Wildman–Crippen MR) is 103 cm³/mol. The van der Waals surface area contributed by atoms with E-state index in [2.05, 4.69) is 9.88 Å². The maximum absolute atomic E-state index is 13.4. The van der Waals surface area contributed by atoms with Crippen LogP contribution >= 0.6 is 0 Å². The third-order valence-corrected chi connectivity index (χ3v) is 5.55. The molecule has 1 atom stereocenters. The molecule has 0 bridgehead atoms. The van der Waals surface area contributed by atoms with Crippen LogP contribution in [-0.4, -0.2) is 45.4 Å². The van der Waals surface area contributed by atoms with Gasteiger partial charge in [0.05, 0.1) is 5.69 Å². The van der Waals surface area contributed by atoms with Gasteiger partial charge in [-0.05, 0) is 26.2 Å². The Kier molecular flexibility index (Phi) is 4.97. The fraction of sp³-hybridized carbons (Fsp3) is 0.476. The van der Waals surface area contributed by atoms with E-state index in [1.807, 2.05) is 37.3 Å². The predicted octanol–water partition coefficient (Wildman–Crippen LogP) is 2.63. The quantitative estimate of drug-likeness (QED) is 0.888. The van der Waals surface area contributed by atoms with Gasteiger partial charge in [0.15, 0.2) is 0 Å². The number of nitrogens with one attached hydrogen (secondary N) is 1. The maximum atomic E-state index is 13.4. The summed E-state index contributed by atoms with van der Waals surface area (Å²) in [6.45, 7) is 3.86. The molecule has 2 amide bonds.